The number of hydrogen-bond donors (Lipinski definition) is 5. The summed E-state index contributed by atoms with van der Waals surface area (Å²) in [6.07, 6.45) is 2.79. The van der Waals surface area contributed by atoms with Crippen molar-refractivity contribution in [3.63, 3.8) is 0 Å². The monoisotopic (exact) mass is 901 g/mol. The van der Waals surface area contributed by atoms with E-state index in [1.165, 1.54) is 12.1 Å². The van der Waals surface area contributed by atoms with Crippen LogP contribution in [0.3, 0.4) is 0 Å². The summed E-state index contributed by atoms with van der Waals surface area (Å²) in [7, 11) is 0. The first kappa shape index (κ1) is 44.2. The number of H-pyrrole nitrogens is 1. The quantitative estimate of drug-likeness (QED) is 0.0676. The molecule has 5 N–H and O–H groups in total. The molecule has 5 aromatic rings. The Hall–Kier alpha value is -7.05. The number of rotatable bonds is 15. The van der Waals surface area contributed by atoms with E-state index in [1.54, 1.807) is 24.3 Å². The van der Waals surface area contributed by atoms with Gasteiger partial charge in [-0.25, -0.2) is 8.78 Å². The molecule has 4 aliphatic rings. The van der Waals surface area contributed by atoms with Crippen LogP contribution in [-0.2, 0) is 25.5 Å². The number of aromatic amines is 1. The highest BCUT2D eigenvalue weighted by Gasteiger charge is 2.45. The van der Waals surface area contributed by atoms with Gasteiger partial charge in [0.2, 0.25) is 11.8 Å². The highest BCUT2D eigenvalue weighted by Crippen LogP contribution is 2.33. The number of ketones is 1. The first-order valence-electron chi connectivity index (χ1n) is 22.3. The fourth-order valence-electron chi connectivity index (χ4n) is 9.16. The van der Waals surface area contributed by atoms with Gasteiger partial charge in [0.05, 0.1) is 28.8 Å². The number of nitrogens with one attached hydrogen (secondary N) is 5. The molecule has 4 aliphatic heterocycles. The van der Waals surface area contributed by atoms with Gasteiger partial charge in [0.15, 0.2) is 5.82 Å². The van der Waals surface area contributed by atoms with Gasteiger partial charge in [0.25, 0.3) is 17.7 Å². The molecular formula is C48H49F2N9O7. The molecule has 0 radical (unpaired) electrons. The molecule has 3 fully saturated rings. The van der Waals surface area contributed by atoms with Gasteiger partial charge in [-0.05, 0) is 97.8 Å². The van der Waals surface area contributed by atoms with Crippen LogP contribution in [0.2, 0.25) is 0 Å². The lowest BCUT2D eigenvalue weighted by atomic mass is 10.0. The summed E-state index contributed by atoms with van der Waals surface area (Å²) in [5.41, 5.74) is 4.85. The number of hydrogen-bond acceptors (Lipinski definition) is 12. The van der Waals surface area contributed by atoms with Crippen molar-refractivity contribution in [3.8, 4) is 0 Å². The molecule has 1 atom stereocenters. The highest BCUT2D eigenvalue weighted by atomic mass is 19.1. The summed E-state index contributed by atoms with van der Waals surface area (Å²) in [5.74, 6) is -3.50. The second-order valence-electron chi connectivity index (χ2n) is 17.1. The van der Waals surface area contributed by atoms with E-state index in [0.29, 0.717) is 105 Å². The van der Waals surface area contributed by atoms with Gasteiger partial charge in [0, 0.05) is 93.3 Å². The zero-order chi connectivity index (χ0) is 45.9. The molecule has 16 nitrogen and oxygen atoms in total. The van der Waals surface area contributed by atoms with Crippen LogP contribution < -0.4 is 26.2 Å². The van der Waals surface area contributed by atoms with Gasteiger partial charge in [-0.1, -0.05) is 12.1 Å². The summed E-state index contributed by atoms with van der Waals surface area (Å²) < 4.78 is 33.4. The third-order valence-corrected chi connectivity index (χ3v) is 12.6. The number of piperazine rings is 1. The van der Waals surface area contributed by atoms with Gasteiger partial charge in [-0.3, -0.25) is 49.0 Å². The maximum Gasteiger partial charge on any atom is 0.264 e. The molecule has 5 heterocycles. The average Bonchev–Trinajstić information content (AvgIpc) is 3.81. The number of anilines is 4. The average molecular weight is 902 g/mol. The molecule has 18 heteroatoms. The summed E-state index contributed by atoms with van der Waals surface area (Å²) in [6.45, 7) is 4.57. The van der Waals surface area contributed by atoms with Gasteiger partial charge in [0.1, 0.15) is 23.5 Å². The Labute approximate surface area is 378 Å². The normalized spacial score (nSPS) is 18.1. The van der Waals surface area contributed by atoms with Crippen molar-refractivity contribution in [1.29, 1.82) is 0 Å². The molecule has 9 rings (SSSR count). The number of ether oxygens (including phenoxy) is 1. The third kappa shape index (κ3) is 9.65. The van der Waals surface area contributed by atoms with Crippen LogP contribution >= 0.6 is 0 Å². The Balaban J connectivity index is 0.790. The van der Waals surface area contributed by atoms with E-state index >= 15 is 0 Å². The first-order valence-corrected chi connectivity index (χ1v) is 22.3. The van der Waals surface area contributed by atoms with Gasteiger partial charge >= 0.3 is 0 Å². The molecule has 0 aliphatic carbocycles. The molecule has 66 heavy (non-hydrogen) atoms. The second-order valence-corrected chi connectivity index (χ2v) is 17.1. The number of amides is 5. The van der Waals surface area contributed by atoms with E-state index < -0.39 is 41.3 Å². The zero-order valence-electron chi connectivity index (χ0n) is 36.1. The van der Waals surface area contributed by atoms with E-state index in [0.717, 1.165) is 35.1 Å². The minimum absolute atomic E-state index is 0.0371. The molecule has 1 aromatic heterocycles. The molecular weight excluding hydrogens is 853 g/mol. The number of aromatic nitrogens is 2. The number of imide groups is 2. The van der Waals surface area contributed by atoms with Crippen molar-refractivity contribution in [2.45, 2.75) is 57.0 Å². The van der Waals surface area contributed by atoms with E-state index in [9.17, 15) is 37.5 Å². The van der Waals surface area contributed by atoms with Crippen LogP contribution in [0.4, 0.5) is 31.7 Å². The van der Waals surface area contributed by atoms with Crippen LogP contribution in [0.15, 0.2) is 72.8 Å². The molecule has 0 bridgehead atoms. The number of benzene rings is 4. The number of piperidine rings is 1. The van der Waals surface area contributed by atoms with Crippen LogP contribution in [-0.4, -0.2) is 120 Å². The van der Waals surface area contributed by atoms with Crippen molar-refractivity contribution in [1.82, 2.24) is 25.3 Å². The van der Waals surface area contributed by atoms with Crippen molar-refractivity contribution in [3.05, 3.63) is 112 Å². The SMILES string of the molecule is O=C(CCCNc1cccc2c1C(=O)N(C1CCC(=O)NC1=O)C2=O)CN1CCN(c2ccc(C(=O)Nc3n[nH]c4ccc(Cc5cc(F)cc(F)c5)cc34)c(NC3CCOCC3)c2)CC1. The summed E-state index contributed by atoms with van der Waals surface area (Å²) in [4.78, 5) is 83.2. The van der Waals surface area contributed by atoms with Crippen LogP contribution in [0, 0.1) is 11.6 Å². The van der Waals surface area contributed by atoms with E-state index in [1.807, 2.05) is 30.3 Å². The van der Waals surface area contributed by atoms with Crippen molar-refractivity contribution >= 4 is 69.1 Å². The lowest BCUT2D eigenvalue weighted by molar-refractivity contribution is -0.136. The molecule has 4 aromatic carbocycles. The summed E-state index contributed by atoms with van der Waals surface area (Å²) in [6, 6.07) is 18.6. The lowest BCUT2D eigenvalue weighted by Gasteiger charge is -2.36. The smallest absolute Gasteiger partial charge is 0.264 e. The standard InChI is InChI=1S/C48H49F2N9O7/c49-30-22-29(23-31(50)25-30)21-28-6-9-38-37(24-28)44(56-55-38)54-45(62)35-8-7-33(26-40(35)52-32-12-19-66-20-13-32)58-17-15-57(16-18-58)27-34(60)3-2-14-51-39-5-1-4-36-43(39)48(65)59(47(36)64)41-10-11-42(61)53-46(41)63/h1,4-9,22-26,32,41,51-52H,2-3,10-21,27H2,(H,53,61,63)(H2,54,55,56,62). The minimum Gasteiger partial charge on any atom is -0.384 e. The third-order valence-electron chi connectivity index (χ3n) is 12.6. The maximum absolute atomic E-state index is 14.0. The molecule has 5 amide bonds. The van der Waals surface area contributed by atoms with Gasteiger partial charge in [-0.15, -0.1) is 0 Å². The van der Waals surface area contributed by atoms with Gasteiger partial charge < -0.3 is 25.6 Å². The van der Waals surface area contributed by atoms with Crippen molar-refractivity contribution in [2.24, 2.45) is 0 Å². The second kappa shape index (κ2) is 19.2. The molecule has 3 saturated heterocycles. The molecule has 342 valence electrons. The van der Waals surface area contributed by atoms with Crippen LogP contribution in [0.5, 0.6) is 0 Å². The predicted octanol–water partition coefficient (Wildman–Crippen LogP) is 5.26. The number of Topliss-reactive ketones (excluding diaryl/α,β-unsaturated/α-hetero) is 1. The maximum atomic E-state index is 14.0. The summed E-state index contributed by atoms with van der Waals surface area (Å²) in [5, 5.41) is 20.0. The Morgan fingerprint density at radius 3 is 2.39 bits per heavy atom. The number of nitrogens with zero attached hydrogens (tertiary/aromatic N) is 4. The Morgan fingerprint density at radius 2 is 1.62 bits per heavy atom. The fraction of sp³-hybridized carbons (Fsp3) is 0.354. The van der Waals surface area contributed by atoms with Crippen molar-refractivity contribution < 1.29 is 42.3 Å². The Kier molecular flexibility index (Phi) is 12.8. The fourth-order valence-corrected chi connectivity index (χ4v) is 9.16. The van der Waals surface area contributed by atoms with Crippen molar-refractivity contribution in [2.75, 3.05) is 73.3 Å². The first-order chi connectivity index (χ1) is 32.0. The minimum atomic E-state index is -1.05. The number of fused-ring (bicyclic) bond motifs is 2. The van der Waals surface area contributed by atoms with Crippen LogP contribution in [0.1, 0.15) is 80.7 Å². The highest BCUT2D eigenvalue weighted by molar-refractivity contribution is 6.25. The van der Waals surface area contributed by atoms with Gasteiger partial charge in [-0.2, -0.15) is 5.10 Å². The molecule has 0 saturated carbocycles. The van der Waals surface area contributed by atoms with E-state index in [2.05, 4.69) is 41.3 Å². The zero-order valence-corrected chi connectivity index (χ0v) is 36.1. The largest absolute Gasteiger partial charge is 0.384 e. The number of carbonyl (C=O) groups is 6. The number of halogens is 2. The Bertz CT molecular complexity index is 2710. The predicted molar refractivity (Wildman–Crippen MR) is 242 cm³/mol. The lowest BCUT2D eigenvalue weighted by Crippen LogP contribution is -2.54. The number of carbonyl (C=O) groups excluding carboxylic acids is 6. The molecule has 1 unspecified atom stereocenters. The molecule has 0 spiro atoms. The topological polar surface area (TPSA) is 198 Å². The Morgan fingerprint density at radius 1 is 0.833 bits per heavy atom. The summed E-state index contributed by atoms with van der Waals surface area (Å²) >= 11 is 0. The van der Waals surface area contributed by atoms with E-state index in [-0.39, 0.29) is 48.1 Å². The van der Waals surface area contributed by atoms with E-state index in [4.69, 9.17) is 4.74 Å². The van der Waals surface area contributed by atoms with Crippen LogP contribution in [0.25, 0.3) is 10.9 Å².